The van der Waals surface area contributed by atoms with Crippen molar-refractivity contribution in [3.05, 3.63) is 65.1 Å². The van der Waals surface area contributed by atoms with E-state index in [0.717, 1.165) is 32.5 Å². The first kappa shape index (κ1) is 12.4. The van der Waals surface area contributed by atoms with Crippen LogP contribution in [-0.4, -0.2) is 9.97 Å². The van der Waals surface area contributed by atoms with E-state index in [1.807, 2.05) is 42.5 Å². The molecule has 0 saturated heterocycles. The Labute approximate surface area is 130 Å². The minimum absolute atomic E-state index is 0.753. The number of para-hydroxylation sites is 2. The van der Waals surface area contributed by atoms with Gasteiger partial charge in [-0.25, -0.2) is 4.98 Å². The van der Waals surface area contributed by atoms with E-state index in [1.165, 1.54) is 5.39 Å². The van der Waals surface area contributed by atoms with Crippen molar-refractivity contribution < 1.29 is 0 Å². The van der Waals surface area contributed by atoms with Gasteiger partial charge in [-0.3, -0.25) is 0 Å². The van der Waals surface area contributed by atoms with Crippen LogP contribution < -0.4 is 5.32 Å². The summed E-state index contributed by atoms with van der Waals surface area (Å²) in [5.41, 5.74) is 3.02. The molecule has 4 heteroatoms. The van der Waals surface area contributed by atoms with Crippen LogP contribution >= 0.6 is 15.9 Å². The highest BCUT2D eigenvalue weighted by molar-refractivity contribution is 9.10. The summed E-state index contributed by atoms with van der Waals surface area (Å²) >= 11 is 3.59. The van der Waals surface area contributed by atoms with Crippen molar-refractivity contribution in [1.29, 1.82) is 0 Å². The van der Waals surface area contributed by atoms with E-state index < -0.39 is 0 Å². The summed E-state index contributed by atoms with van der Waals surface area (Å²) in [5, 5.41) is 5.71. The van der Waals surface area contributed by atoms with Crippen molar-refractivity contribution in [3.63, 3.8) is 0 Å². The van der Waals surface area contributed by atoms with E-state index in [0.29, 0.717) is 0 Å². The first-order chi connectivity index (χ1) is 10.3. The zero-order valence-electron chi connectivity index (χ0n) is 11.1. The Kier molecular flexibility index (Phi) is 2.89. The highest BCUT2D eigenvalue weighted by Gasteiger charge is 2.06. The molecule has 0 aliphatic rings. The van der Waals surface area contributed by atoms with E-state index in [-0.39, 0.29) is 0 Å². The van der Waals surface area contributed by atoms with Crippen LogP contribution in [0.5, 0.6) is 0 Å². The van der Waals surface area contributed by atoms with Crippen molar-refractivity contribution in [3.8, 4) is 0 Å². The number of aromatic amines is 1. The molecule has 0 bridgehead atoms. The third-order valence-corrected chi connectivity index (χ3v) is 4.20. The van der Waals surface area contributed by atoms with Crippen molar-refractivity contribution in [2.45, 2.75) is 0 Å². The predicted octanol–water partition coefficient (Wildman–Crippen LogP) is 5.22. The van der Waals surface area contributed by atoms with Crippen LogP contribution in [-0.2, 0) is 0 Å². The van der Waals surface area contributed by atoms with E-state index in [1.54, 1.807) is 0 Å². The lowest BCUT2D eigenvalue weighted by Gasteiger charge is -2.08. The quantitative estimate of drug-likeness (QED) is 0.526. The zero-order valence-corrected chi connectivity index (χ0v) is 12.7. The molecule has 0 atom stereocenters. The second kappa shape index (κ2) is 4.90. The van der Waals surface area contributed by atoms with Gasteiger partial charge in [0.1, 0.15) is 0 Å². The Bertz CT molecular complexity index is 910. The Balaban J connectivity index is 1.82. The number of fused-ring (bicyclic) bond motifs is 2. The van der Waals surface area contributed by atoms with Crippen LogP contribution in [0.4, 0.5) is 11.6 Å². The molecule has 0 aliphatic heterocycles. The van der Waals surface area contributed by atoms with E-state index in [2.05, 4.69) is 49.4 Å². The Morgan fingerprint density at radius 3 is 2.48 bits per heavy atom. The van der Waals surface area contributed by atoms with Gasteiger partial charge in [0.2, 0.25) is 5.95 Å². The number of aromatic nitrogens is 2. The van der Waals surface area contributed by atoms with Gasteiger partial charge in [-0.15, -0.1) is 0 Å². The summed E-state index contributed by atoms with van der Waals surface area (Å²) in [6.07, 6.45) is 0. The highest BCUT2D eigenvalue weighted by atomic mass is 79.9. The standard InChI is InChI=1S/C17H12BrN3/c18-13-9-10-14(12-6-2-1-5-11(12)13)19-17-20-15-7-3-4-8-16(15)21-17/h1-10H,(H2,19,20,21). The van der Waals surface area contributed by atoms with E-state index in [4.69, 9.17) is 0 Å². The summed E-state index contributed by atoms with van der Waals surface area (Å²) in [5.74, 6) is 0.753. The number of nitrogens with one attached hydrogen (secondary N) is 2. The Morgan fingerprint density at radius 2 is 1.62 bits per heavy atom. The average molecular weight is 338 g/mol. The second-order valence-corrected chi connectivity index (χ2v) is 5.72. The normalized spacial score (nSPS) is 11.1. The molecule has 0 aliphatic carbocycles. The van der Waals surface area contributed by atoms with Crippen LogP contribution in [0.25, 0.3) is 21.8 Å². The predicted molar refractivity (Wildman–Crippen MR) is 91.0 cm³/mol. The first-order valence-electron chi connectivity index (χ1n) is 6.70. The van der Waals surface area contributed by atoms with Crippen molar-refractivity contribution in [1.82, 2.24) is 9.97 Å². The van der Waals surface area contributed by atoms with E-state index in [9.17, 15) is 0 Å². The number of benzene rings is 3. The third-order valence-electron chi connectivity index (χ3n) is 3.51. The van der Waals surface area contributed by atoms with Crippen LogP contribution in [0, 0.1) is 0 Å². The minimum Gasteiger partial charge on any atom is -0.325 e. The number of nitrogens with zero attached hydrogens (tertiary/aromatic N) is 1. The van der Waals surface area contributed by atoms with Crippen molar-refractivity contribution >= 4 is 49.4 Å². The maximum absolute atomic E-state index is 4.56. The molecular formula is C17H12BrN3. The maximum atomic E-state index is 4.56. The van der Waals surface area contributed by atoms with Gasteiger partial charge in [-0.1, -0.05) is 52.3 Å². The molecule has 21 heavy (non-hydrogen) atoms. The summed E-state index contributed by atoms with van der Waals surface area (Å²) in [7, 11) is 0. The molecule has 0 amide bonds. The average Bonchev–Trinajstić information content (AvgIpc) is 2.93. The van der Waals surface area contributed by atoms with Gasteiger partial charge >= 0.3 is 0 Å². The Hall–Kier alpha value is -2.33. The topological polar surface area (TPSA) is 40.7 Å². The first-order valence-corrected chi connectivity index (χ1v) is 7.49. The summed E-state index contributed by atoms with van der Waals surface area (Å²) in [6, 6.07) is 20.4. The number of halogens is 1. The summed E-state index contributed by atoms with van der Waals surface area (Å²) < 4.78 is 1.09. The molecule has 3 nitrogen and oxygen atoms in total. The van der Waals surface area contributed by atoms with Crippen LogP contribution in [0.2, 0.25) is 0 Å². The summed E-state index contributed by atoms with van der Waals surface area (Å²) in [4.78, 5) is 7.85. The van der Waals surface area contributed by atoms with Gasteiger partial charge in [0.15, 0.2) is 0 Å². The fourth-order valence-electron chi connectivity index (χ4n) is 2.51. The van der Waals surface area contributed by atoms with Crippen molar-refractivity contribution in [2.24, 2.45) is 0 Å². The van der Waals surface area contributed by atoms with Gasteiger partial charge in [0.05, 0.1) is 11.0 Å². The minimum atomic E-state index is 0.753. The molecule has 2 N–H and O–H groups in total. The maximum Gasteiger partial charge on any atom is 0.205 e. The number of rotatable bonds is 2. The number of imidazole rings is 1. The molecule has 4 rings (SSSR count). The zero-order chi connectivity index (χ0) is 14.2. The van der Waals surface area contributed by atoms with Crippen molar-refractivity contribution in [2.75, 3.05) is 5.32 Å². The van der Waals surface area contributed by atoms with Gasteiger partial charge in [-0.2, -0.15) is 0 Å². The molecule has 0 spiro atoms. The van der Waals surface area contributed by atoms with Gasteiger partial charge < -0.3 is 10.3 Å². The monoisotopic (exact) mass is 337 g/mol. The third kappa shape index (κ3) is 2.17. The summed E-state index contributed by atoms with van der Waals surface area (Å²) in [6.45, 7) is 0. The van der Waals surface area contributed by atoms with Crippen LogP contribution in [0.15, 0.2) is 65.1 Å². The Morgan fingerprint density at radius 1 is 0.857 bits per heavy atom. The number of hydrogen-bond donors (Lipinski definition) is 2. The molecule has 0 fully saturated rings. The van der Waals surface area contributed by atoms with Crippen LogP contribution in [0.1, 0.15) is 0 Å². The fraction of sp³-hybridized carbons (Fsp3) is 0. The highest BCUT2D eigenvalue weighted by Crippen LogP contribution is 2.31. The largest absolute Gasteiger partial charge is 0.325 e. The molecule has 1 heterocycles. The second-order valence-electron chi connectivity index (χ2n) is 4.87. The van der Waals surface area contributed by atoms with Gasteiger partial charge in [-0.05, 0) is 29.7 Å². The number of H-pyrrole nitrogens is 1. The molecule has 1 aromatic heterocycles. The molecule has 102 valence electrons. The smallest absolute Gasteiger partial charge is 0.205 e. The number of anilines is 2. The van der Waals surface area contributed by atoms with E-state index >= 15 is 0 Å². The molecule has 4 aromatic rings. The molecular weight excluding hydrogens is 326 g/mol. The molecule has 0 radical (unpaired) electrons. The lowest BCUT2D eigenvalue weighted by molar-refractivity contribution is 1.32. The fourth-order valence-corrected chi connectivity index (χ4v) is 2.99. The SMILES string of the molecule is Brc1ccc(Nc2nc3ccccc3[nH]2)c2ccccc12. The molecule has 0 saturated carbocycles. The number of hydrogen-bond acceptors (Lipinski definition) is 2. The van der Waals surface area contributed by atoms with Gasteiger partial charge in [0.25, 0.3) is 0 Å². The molecule has 0 unspecified atom stereocenters. The van der Waals surface area contributed by atoms with Crippen LogP contribution in [0.3, 0.4) is 0 Å². The lowest BCUT2D eigenvalue weighted by atomic mass is 10.1. The lowest BCUT2D eigenvalue weighted by Crippen LogP contribution is -1.93. The van der Waals surface area contributed by atoms with Gasteiger partial charge in [0, 0.05) is 15.5 Å². The molecule has 3 aromatic carbocycles.